The molecule has 0 saturated heterocycles. The van der Waals surface area contributed by atoms with E-state index in [0.29, 0.717) is 6.42 Å². The van der Waals surface area contributed by atoms with Crippen LogP contribution in [0.2, 0.25) is 0 Å². The van der Waals surface area contributed by atoms with Gasteiger partial charge in [0.1, 0.15) is 11.4 Å². The lowest BCUT2D eigenvalue weighted by molar-refractivity contribution is -0.136. The molecule has 0 aliphatic carbocycles. The van der Waals surface area contributed by atoms with Gasteiger partial charge in [-0.15, -0.1) is 0 Å². The summed E-state index contributed by atoms with van der Waals surface area (Å²) in [5, 5.41) is 0. The van der Waals surface area contributed by atoms with Crippen LogP contribution in [0.5, 0.6) is 0 Å². The standard InChI is InChI=1S/C15H21N3O5/c1-5-6-18-13(16)12(14(21)17(4)15(18)22)10(19)8-23-11(20)7-9(2)3/h7H,5-6,8,16H2,1-4H3. The van der Waals surface area contributed by atoms with Gasteiger partial charge in [0.2, 0.25) is 5.78 Å². The number of ether oxygens (including phenoxy) is 1. The third-order valence-electron chi connectivity index (χ3n) is 3.06. The van der Waals surface area contributed by atoms with Crippen LogP contribution in [0.1, 0.15) is 37.6 Å². The molecule has 0 aliphatic rings. The summed E-state index contributed by atoms with van der Waals surface area (Å²) in [6.07, 6.45) is 1.83. The van der Waals surface area contributed by atoms with Crippen molar-refractivity contribution in [3.8, 4) is 0 Å². The first-order valence-corrected chi connectivity index (χ1v) is 7.14. The van der Waals surface area contributed by atoms with Crippen molar-refractivity contribution in [2.75, 3.05) is 12.3 Å². The predicted molar refractivity (Wildman–Crippen MR) is 85.4 cm³/mol. The number of anilines is 1. The van der Waals surface area contributed by atoms with Crippen molar-refractivity contribution in [2.45, 2.75) is 33.7 Å². The smallest absolute Gasteiger partial charge is 0.332 e. The van der Waals surface area contributed by atoms with Crippen LogP contribution in [0.15, 0.2) is 21.2 Å². The van der Waals surface area contributed by atoms with Gasteiger partial charge in [-0.05, 0) is 20.3 Å². The summed E-state index contributed by atoms with van der Waals surface area (Å²) in [4.78, 5) is 47.8. The normalized spacial score (nSPS) is 10.3. The van der Waals surface area contributed by atoms with Gasteiger partial charge < -0.3 is 10.5 Å². The molecule has 0 saturated carbocycles. The zero-order valence-corrected chi connectivity index (χ0v) is 13.7. The molecule has 0 atom stereocenters. The summed E-state index contributed by atoms with van der Waals surface area (Å²) in [7, 11) is 1.27. The Labute approximate surface area is 133 Å². The van der Waals surface area contributed by atoms with E-state index in [9.17, 15) is 19.2 Å². The first-order chi connectivity index (χ1) is 10.7. The van der Waals surface area contributed by atoms with Crippen LogP contribution in [0.25, 0.3) is 0 Å². The number of aromatic nitrogens is 2. The van der Waals surface area contributed by atoms with Crippen molar-refractivity contribution in [1.29, 1.82) is 0 Å². The molecule has 8 nitrogen and oxygen atoms in total. The Hall–Kier alpha value is -2.64. The Kier molecular flexibility index (Phi) is 6.06. The number of carbonyl (C=O) groups is 2. The lowest BCUT2D eigenvalue weighted by atomic mass is 10.2. The molecule has 0 aromatic carbocycles. The molecule has 0 fully saturated rings. The van der Waals surface area contributed by atoms with E-state index in [4.69, 9.17) is 10.5 Å². The molecule has 0 amide bonds. The number of nitrogen functional groups attached to an aromatic ring is 1. The number of hydrogen-bond donors (Lipinski definition) is 1. The fraction of sp³-hybridized carbons (Fsp3) is 0.467. The monoisotopic (exact) mass is 323 g/mol. The van der Waals surface area contributed by atoms with Crippen molar-refractivity contribution >= 4 is 17.6 Å². The van der Waals surface area contributed by atoms with Gasteiger partial charge in [-0.1, -0.05) is 12.5 Å². The average Bonchev–Trinajstić information content (AvgIpc) is 2.47. The predicted octanol–water partition coefficient (Wildman–Crippen LogP) is 0.231. The zero-order valence-electron chi connectivity index (χ0n) is 13.7. The van der Waals surface area contributed by atoms with Crippen LogP contribution in [-0.2, 0) is 23.1 Å². The van der Waals surface area contributed by atoms with E-state index in [0.717, 1.165) is 14.7 Å². The summed E-state index contributed by atoms with van der Waals surface area (Å²) in [5.74, 6) is -1.64. The maximum absolute atomic E-state index is 12.2. The number of allylic oxidation sites excluding steroid dienone is 1. The van der Waals surface area contributed by atoms with E-state index < -0.39 is 29.6 Å². The highest BCUT2D eigenvalue weighted by atomic mass is 16.5. The van der Waals surface area contributed by atoms with Gasteiger partial charge in [0.15, 0.2) is 6.61 Å². The molecule has 1 rings (SSSR count). The molecule has 1 heterocycles. The summed E-state index contributed by atoms with van der Waals surface area (Å²) in [5.41, 5.74) is 4.79. The van der Waals surface area contributed by atoms with E-state index >= 15 is 0 Å². The zero-order chi connectivity index (χ0) is 17.7. The molecule has 2 N–H and O–H groups in total. The number of Topliss-reactive ketones (excluding diaryl/α,β-unsaturated/α-hetero) is 1. The molecule has 8 heteroatoms. The largest absolute Gasteiger partial charge is 0.454 e. The van der Waals surface area contributed by atoms with Crippen molar-refractivity contribution in [3.63, 3.8) is 0 Å². The Morgan fingerprint density at radius 2 is 1.87 bits per heavy atom. The average molecular weight is 323 g/mol. The van der Waals surface area contributed by atoms with Crippen molar-refractivity contribution in [1.82, 2.24) is 9.13 Å². The SMILES string of the molecule is CCCn1c(N)c(C(=O)COC(=O)C=C(C)C)c(=O)n(C)c1=O. The van der Waals surface area contributed by atoms with Gasteiger partial charge in [0, 0.05) is 19.7 Å². The van der Waals surface area contributed by atoms with Gasteiger partial charge in [0.25, 0.3) is 5.56 Å². The molecular formula is C15H21N3O5. The van der Waals surface area contributed by atoms with Crippen LogP contribution in [0.3, 0.4) is 0 Å². The third kappa shape index (κ3) is 4.18. The van der Waals surface area contributed by atoms with Crippen LogP contribution in [0, 0.1) is 0 Å². The molecule has 0 aliphatic heterocycles. The minimum atomic E-state index is -0.803. The second-order valence-electron chi connectivity index (χ2n) is 5.31. The Morgan fingerprint density at radius 1 is 1.26 bits per heavy atom. The van der Waals surface area contributed by atoms with Crippen LogP contribution in [-0.4, -0.2) is 27.5 Å². The number of nitrogens with two attached hydrogens (primary N) is 1. The van der Waals surface area contributed by atoms with Gasteiger partial charge in [-0.2, -0.15) is 0 Å². The van der Waals surface area contributed by atoms with Crippen molar-refractivity contribution in [3.05, 3.63) is 38.1 Å². The second kappa shape index (κ2) is 7.57. The maximum atomic E-state index is 12.2. The molecular weight excluding hydrogens is 302 g/mol. The van der Waals surface area contributed by atoms with Crippen molar-refractivity contribution in [2.24, 2.45) is 7.05 Å². The van der Waals surface area contributed by atoms with E-state index in [1.807, 2.05) is 6.92 Å². The van der Waals surface area contributed by atoms with Crippen molar-refractivity contribution < 1.29 is 14.3 Å². The highest BCUT2D eigenvalue weighted by molar-refractivity contribution is 6.01. The summed E-state index contributed by atoms with van der Waals surface area (Å²) < 4.78 is 6.77. The molecule has 1 aromatic rings. The van der Waals surface area contributed by atoms with Gasteiger partial charge in [-0.25, -0.2) is 9.59 Å². The van der Waals surface area contributed by atoms with Gasteiger partial charge in [0.05, 0.1) is 0 Å². The fourth-order valence-electron chi connectivity index (χ4n) is 1.97. The first kappa shape index (κ1) is 18.4. The maximum Gasteiger partial charge on any atom is 0.332 e. The number of nitrogens with zero attached hydrogens (tertiary/aromatic N) is 2. The number of carbonyl (C=O) groups excluding carboxylic acids is 2. The van der Waals surface area contributed by atoms with Gasteiger partial charge in [-0.3, -0.25) is 18.7 Å². The summed E-state index contributed by atoms with van der Waals surface area (Å²) >= 11 is 0. The van der Waals surface area contributed by atoms with Crippen LogP contribution in [0.4, 0.5) is 5.82 Å². The van der Waals surface area contributed by atoms with E-state index in [2.05, 4.69) is 0 Å². The molecule has 1 aromatic heterocycles. The molecule has 0 bridgehead atoms. The fourth-order valence-corrected chi connectivity index (χ4v) is 1.97. The quantitative estimate of drug-likeness (QED) is 0.455. The first-order valence-electron chi connectivity index (χ1n) is 7.14. The Morgan fingerprint density at radius 3 is 2.39 bits per heavy atom. The number of rotatable bonds is 6. The minimum absolute atomic E-state index is 0.205. The van der Waals surface area contributed by atoms with E-state index in [-0.39, 0.29) is 17.9 Å². The number of esters is 1. The third-order valence-corrected chi connectivity index (χ3v) is 3.06. The topological polar surface area (TPSA) is 113 Å². The highest BCUT2D eigenvalue weighted by Gasteiger charge is 2.22. The Balaban J connectivity index is 3.20. The van der Waals surface area contributed by atoms with Gasteiger partial charge >= 0.3 is 11.7 Å². The second-order valence-corrected chi connectivity index (χ2v) is 5.31. The summed E-state index contributed by atoms with van der Waals surface area (Å²) in [6, 6.07) is 0. The highest BCUT2D eigenvalue weighted by Crippen LogP contribution is 2.07. The summed E-state index contributed by atoms with van der Waals surface area (Å²) in [6.45, 7) is 4.90. The Bertz CT molecular complexity index is 767. The molecule has 0 unspecified atom stereocenters. The minimum Gasteiger partial charge on any atom is -0.454 e. The van der Waals surface area contributed by atoms with E-state index in [1.165, 1.54) is 13.1 Å². The lowest BCUT2D eigenvalue weighted by Gasteiger charge is -2.13. The van der Waals surface area contributed by atoms with Crippen LogP contribution < -0.4 is 17.0 Å². The number of ketones is 1. The molecule has 0 radical (unpaired) electrons. The molecule has 126 valence electrons. The lowest BCUT2D eigenvalue weighted by Crippen LogP contribution is -2.43. The van der Waals surface area contributed by atoms with Crippen LogP contribution >= 0.6 is 0 Å². The van der Waals surface area contributed by atoms with E-state index in [1.54, 1.807) is 13.8 Å². The molecule has 23 heavy (non-hydrogen) atoms. The number of hydrogen-bond acceptors (Lipinski definition) is 6. The molecule has 0 spiro atoms.